The van der Waals surface area contributed by atoms with E-state index >= 15 is 0 Å². The number of hydrogen-bond acceptors (Lipinski definition) is 7. The van der Waals surface area contributed by atoms with Crippen molar-refractivity contribution in [3.05, 3.63) is 88.5 Å². The summed E-state index contributed by atoms with van der Waals surface area (Å²) in [5.41, 5.74) is 1.80. The maximum absolute atomic E-state index is 13.9. The van der Waals surface area contributed by atoms with Crippen molar-refractivity contribution in [3.8, 4) is 11.5 Å². The quantitative estimate of drug-likeness (QED) is 0.366. The van der Waals surface area contributed by atoms with Crippen LogP contribution in [-0.4, -0.2) is 31.4 Å². The molecule has 3 aromatic rings. The summed E-state index contributed by atoms with van der Waals surface area (Å²) < 4.78 is 18.5. The Kier molecular flexibility index (Phi) is 8.42. The van der Waals surface area contributed by atoms with Crippen molar-refractivity contribution in [2.75, 3.05) is 20.8 Å². The number of methoxy groups -OCH3 is 2. The summed E-state index contributed by atoms with van der Waals surface area (Å²) in [6.07, 6.45) is 2.99. The number of hydrogen-bond donors (Lipinski definition) is 0. The molecule has 1 atom stereocenters. The molecule has 7 nitrogen and oxygen atoms in total. The Bertz CT molecular complexity index is 1560. The molecular formula is C27H26Cl2N2O5S. The summed E-state index contributed by atoms with van der Waals surface area (Å²) in [6.45, 7) is 3.93. The first-order valence-corrected chi connectivity index (χ1v) is 13.3. The molecule has 10 heteroatoms. The molecule has 37 heavy (non-hydrogen) atoms. The molecule has 0 saturated heterocycles. The molecule has 0 saturated carbocycles. The summed E-state index contributed by atoms with van der Waals surface area (Å²) in [6, 6.07) is 9.52. The van der Waals surface area contributed by atoms with Crippen LogP contribution in [0.2, 0.25) is 10.0 Å². The van der Waals surface area contributed by atoms with E-state index in [0.717, 1.165) is 6.42 Å². The second-order valence-electron chi connectivity index (χ2n) is 8.19. The van der Waals surface area contributed by atoms with Crippen molar-refractivity contribution in [3.63, 3.8) is 0 Å². The minimum Gasteiger partial charge on any atom is -0.497 e. The van der Waals surface area contributed by atoms with Gasteiger partial charge in [0.1, 0.15) is 17.5 Å². The van der Waals surface area contributed by atoms with E-state index in [-0.39, 0.29) is 12.2 Å². The van der Waals surface area contributed by atoms with E-state index in [1.807, 2.05) is 6.92 Å². The van der Waals surface area contributed by atoms with Crippen LogP contribution in [-0.2, 0) is 9.53 Å². The van der Waals surface area contributed by atoms with Gasteiger partial charge in [-0.05, 0) is 55.3 Å². The average molecular weight is 561 g/mol. The van der Waals surface area contributed by atoms with Crippen LogP contribution in [0.3, 0.4) is 0 Å². The lowest BCUT2D eigenvalue weighted by atomic mass is 9.93. The zero-order valence-electron chi connectivity index (χ0n) is 20.8. The fraction of sp³-hybridized carbons (Fsp3) is 0.296. The first kappa shape index (κ1) is 27.0. The number of carbonyl (C=O) groups is 1. The molecule has 0 aliphatic carbocycles. The van der Waals surface area contributed by atoms with Gasteiger partial charge in [0.15, 0.2) is 4.80 Å². The van der Waals surface area contributed by atoms with Gasteiger partial charge in [0.25, 0.3) is 5.56 Å². The maximum Gasteiger partial charge on any atom is 0.338 e. The van der Waals surface area contributed by atoms with Crippen molar-refractivity contribution >= 4 is 46.6 Å². The molecule has 0 spiro atoms. The van der Waals surface area contributed by atoms with Crippen LogP contribution in [0.5, 0.6) is 11.5 Å². The highest BCUT2D eigenvalue weighted by Gasteiger charge is 2.36. The first-order chi connectivity index (χ1) is 17.8. The second-order valence-corrected chi connectivity index (χ2v) is 10.0. The zero-order valence-corrected chi connectivity index (χ0v) is 23.2. The molecule has 1 aromatic heterocycles. The Labute approximate surface area is 228 Å². The Hall–Kier alpha value is -3.07. The maximum atomic E-state index is 13.9. The molecule has 0 bridgehead atoms. The third-order valence-corrected chi connectivity index (χ3v) is 7.42. The molecule has 0 fully saturated rings. The normalized spacial score (nSPS) is 15.3. The van der Waals surface area contributed by atoms with Crippen LogP contribution in [0.4, 0.5) is 0 Å². The van der Waals surface area contributed by atoms with Gasteiger partial charge in [0, 0.05) is 15.6 Å². The van der Waals surface area contributed by atoms with Gasteiger partial charge in [-0.3, -0.25) is 9.36 Å². The largest absolute Gasteiger partial charge is 0.497 e. The highest BCUT2D eigenvalue weighted by molar-refractivity contribution is 7.07. The standard InChI is InChI=1S/C27H26Cl2N2O5S/c1-5-7-20-23(26(33)36-6-2)24(18-14-17(34-3)10-11-21(18)35-4)31-25(32)22(37-27(31)30-20)12-15-8-9-16(28)13-19(15)29/h8-14,24H,5-7H2,1-4H3/b22-12-/t24-/m1/s1. The third-order valence-electron chi connectivity index (χ3n) is 5.87. The van der Waals surface area contributed by atoms with E-state index in [1.165, 1.54) is 23.0 Å². The zero-order chi connectivity index (χ0) is 26.7. The van der Waals surface area contributed by atoms with E-state index in [4.69, 9.17) is 42.4 Å². The number of benzene rings is 2. The van der Waals surface area contributed by atoms with E-state index in [2.05, 4.69) is 0 Å². The number of esters is 1. The second kappa shape index (κ2) is 11.5. The number of ether oxygens (including phenoxy) is 3. The summed E-state index contributed by atoms with van der Waals surface area (Å²) in [7, 11) is 3.09. The van der Waals surface area contributed by atoms with E-state index in [9.17, 15) is 9.59 Å². The monoisotopic (exact) mass is 560 g/mol. The number of fused-ring (bicyclic) bond motifs is 1. The molecule has 2 aromatic carbocycles. The van der Waals surface area contributed by atoms with Gasteiger partial charge in [0.2, 0.25) is 0 Å². The number of allylic oxidation sites excluding steroid dienone is 1. The molecule has 0 amide bonds. The Balaban J connectivity index is 2.06. The van der Waals surface area contributed by atoms with Gasteiger partial charge in [-0.2, -0.15) is 0 Å². The number of nitrogens with zero attached hydrogens (tertiary/aromatic N) is 2. The minimum absolute atomic E-state index is 0.184. The molecular weight excluding hydrogens is 535 g/mol. The molecule has 0 radical (unpaired) electrons. The number of aromatic nitrogens is 1. The minimum atomic E-state index is -0.829. The number of thiazole rings is 1. The molecule has 4 rings (SSSR count). The number of halogens is 2. The summed E-state index contributed by atoms with van der Waals surface area (Å²) in [5, 5.41) is 0.917. The van der Waals surface area contributed by atoms with Crippen molar-refractivity contribution in [1.82, 2.24) is 4.57 Å². The Morgan fingerprint density at radius 3 is 2.57 bits per heavy atom. The molecule has 194 valence electrons. The highest BCUT2D eigenvalue weighted by atomic mass is 35.5. The molecule has 0 unspecified atom stereocenters. The van der Waals surface area contributed by atoms with Gasteiger partial charge in [-0.25, -0.2) is 9.79 Å². The Morgan fingerprint density at radius 1 is 1.14 bits per heavy atom. The van der Waals surface area contributed by atoms with E-state index in [0.29, 0.717) is 59.7 Å². The number of rotatable bonds is 8. The summed E-state index contributed by atoms with van der Waals surface area (Å²) in [5.74, 6) is 0.531. The average Bonchev–Trinajstić information content (AvgIpc) is 3.19. The SMILES string of the molecule is CCCC1=C(C(=O)OCC)[C@@H](c2cc(OC)ccc2OC)n2c(s/c(=C\c3ccc(Cl)cc3Cl)c2=O)=N1. The van der Waals surface area contributed by atoms with Crippen molar-refractivity contribution < 1.29 is 19.0 Å². The summed E-state index contributed by atoms with van der Waals surface area (Å²) in [4.78, 5) is 32.5. The lowest BCUT2D eigenvalue weighted by molar-refractivity contribution is -0.139. The third kappa shape index (κ3) is 5.32. The van der Waals surface area contributed by atoms with E-state index < -0.39 is 12.0 Å². The van der Waals surface area contributed by atoms with Crippen molar-refractivity contribution in [2.24, 2.45) is 4.99 Å². The molecule has 1 aliphatic rings. The van der Waals surface area contributed by atoms with Crippen LogP contribution < -0.4 is 24.4 Å². The highest BCUT2D eigenvalue weighted by Crippen LogP contribution is 2.38. The number of carbonyl (C=O) groups excluding carboxylic acids is 1. The van der Waals surface area contributed by atoms with Crippen molar-refractivity contribution in [1.29, 1.82) is 0 Å². The van der Waals surface area contributed by atoms with Gasteiger partial charge >= 0.3 is 5.97 Å². The van der Waals surface area contributed by atoms with Gasteiger partial charge in [0.05, 0.1) is 36.6 Å². The van der Waals surface area contributed by atoms with Crippen LogP contribution in [0.1, 0.15) is 43.9 Å². The lowest BCUT2D eigenvalue weighted by Gasteiger charge is -2.27. The predicted octanol–water partition coefficient (Wildman–Crippen LogP) is 4.90. The summed E-state index contributed by atoms with van der Waals surface area (Å²) >= 11 is 13.6. The van der Waals surface area contributed by atoms with Gasteiger partial charge < -0.3 is 14.2 Å². The van der Waals surface area contributed by atoms with E-state index in [1.54, 1.807) is 56.5 Å². The molecule has 0 N–H and O–H groups in total. The smallest absolute Gasteiger partial charge is 0.338 e. The molecule has 2 heterocycles. The fourth-order valence-electron chi connectivity index (χ4n) is 4.23. The van der Waals surface area contributed by atoms with Gasteiger partial charge in [-0.15, -0.1) is 0 Å². The van der Waals surface area contributed by atoms with Gasteiger partial charge in [-0.1, -0.05) is 53.9 Å². The first-order valence-electron chi connectivity index (χ1n) is 11.7. The van der Waals surface area contributed by atoms with Crippen LogP contribution in [0.15, 0.2) is 57.5 Å². The predicted molar refractivity (Wildman–Crippen MR) is 146 cm³/mol. The topological polar surface area (TPSA) is 79.1 Å². The molecule has 1 aliphatic heterocycles. The van der Waals surface area contributed by atoms with Crippen LogP contribution in [0, 0.1) is 0 Å². The fourth-order valence-corrected chi connectivity index (χ4v) is 5.70. The Morgan fingerprint density at radius 2 is 1.92 bits per heavy atom. The van der Waals surface area contributed by atoms with Crippen LogP contribution >= 0.6 is 34.5 Å². The van der Waals surface area contributed by atoms with Crippen molar-refractivity contribution in [2.45, 2.75) is 32.7 Å². The lowest BCUT2D eigenvalue weighted by Crippen LogP contribution is -2.40. The van der Waals surface area contributed by atoms with Crippen LogP contribution in [0.25, 0.3) is 6.08 Å².